The fraction of sp³-hybridized carbons (Fsp3) is 0.316. The highest BCUT2D eigenvalue weighted by Crippen LogP contribution is 2.28. The fourth-order valence-electron chi connectivity index (χ4n) is 2.27. The first-order chi connectivity index (χ1) is 12.1. The second kappa shape index (κ2) is 7.78. The van der Waals surface area contributed by atoms with Crippen molar-refractivity contribution in [2.75, 3.05) is 6.61 Å². The van der Waals surface area contributed by atoms with E-state index in [1.165, 1.54) is 6.21 Å². The lowest BCUT2D eigenvalue weighted by Gasteiger charge is -2.19. The van der Waals surface area contributed by atoms with E-state index in [0.29, 0.717) is 17.9 Å². The van der Waals surface area contributed by atoms with Crippen molar-refractivity contribution in [3.63, 3.8) is 0 Å². The molecule has 0 saturated carbocycles. The largest absolute Gasteiger partial charge is 0.504 e. The molecule has 2 rings (SSSR count). The molecule has 0 aromatic heterocycles. The molecule has 2 N–H and O–H groups in total. The summed E-state index contributed by atoms with van der Waals surface area (Å²) in [5.41, 5.74) is 1.33. The number of phenolic OH excluding ortho intramolecular Hbond substituents is 1. The lowest BCUT2D eigenvalue weighted by atomic mass is 9.87. The van der Waals surface area contributed by atoms with E-state index in [2.05, 4.69) is 30.7 Å². The molecule has 0 saturated heterocycles. The van der Waals surface area contributed by atoms with E-state index in [4.69, 9.17) is 4.74 Å². The first kappa shape index (κ1) is 19.8. The number of sulfonamides is 1. The highest BCUT2D eigenvalue weighted by atomic mass is 32.2. The van der Waals surface area contributed by atoms with E-state index in [1.54, 1.807) is 49.4 Å². The Morgan fingerprint density at radius 3 is 2.38 bits per heavy atom. The highest BCUT2D eigenvalue weighted by Gasteiger charge is 2.17. The van der Waals surface area contributed by atoms with Crippen molar-refractivity contribution in [3.8, 4) is 11.5 Å². The van der Waals surface area contributed by atoms with Crippen LogP contribution in [0.4, 0.5) is 0 Å². The number of hydrogen-bond donors (Lipinski definition) is 2. The molecule has 0 aliphatic rings. The first-order valence-electron chi connectivity index (χ1n) is 8.25. The van der Waals surface area contributed by atoms with Crippen molar-refractivity contribution in [2.24, 2.45) is 5.10 Å². The van der Waals surface area contributed by atoms with Crippen molar-refractivity contribution in [1.82, 2.24) is 4.83 Å². The Morgan fingerprint density at radius 2 is 1.81 bits per heavy atom. The van der Waals surface area contributed by atoms with Crippen LogP contribution in [0.25, 0.3) is 0 Å². The summed E-state index contributed by atoms with van der Waals surface area (Å²) in [6.45, 7) is 8.39. The lowest BCUT2D eigenvalue weighted by molar-refractivity contribution is 0.318. The van der Waals surface area contributed by atoms with Crippen LogP contribution in [0.3, 0.4) is 0 Å². The monoisotopic (exact) mass is 376 g/mol. The van der Waals surface area contributed by atoms with Gasteiger partial charge in [0.25, 0.3) is 10.0 Å². The topological polar surface area (TPSA) is 88.0 Å². The van der Waals surface area contributed by atoms with Crippen LogP contribution >= 0.6 is 0 Å². The molecule has 26 heavy (non-hydrogen) atoms. The average Bonchev–Trinajstić information content (AvgIpc) is 2.57. The molecule has 0 unspecified atom stereocenters. The SMILES string of the molecule is CCOc1cccc(C=NNS(=O)(=O)c2ccc(C(C)(C)C)cc2)c1O. The predicted octanol–water partition coefficient (Wildman–Crippen LogP) is 3.40. The smallest absolute Gasteiger partial charge is 0.276 e. The van der Waals surface area contributed by atoms with E-state index in [1.807, 2.05) is 0 Å². The van der Waals surface area contributed by atoms with Crippen LogP contribution in [-0.2, 0) is 15.4 Å². The number of aromatic hydroxyl groups is 1. The van der Waals surface area contributed by atoms with Gasteiger partial charge in [-0.1, -0.05) is 39.0 Å². The second-order valence-corrected chi connectivity index (χ2v) is 8.42. The molecule has 0 radical (unpaired) electrons. The normalized spacial score (nSPS) is 12.3. The van der Waals surface area contributed by atoms with E-state index < -0.39 is 10.0 Å². The van der Waals surface area contributed by atoms with E-state index in [-0.39, 0.29) is 16.1 Å². The average molecular weight is 376 g/mol. The van der Waals surface area contributed by atoms with Gasteiger partial charge < -0.3 is 9.84 Å². The molecule has 0 heterocycles. The van der Waals surface area contributed by atoms with Crippen LogP contribution in [0.2, 0.25) is 0 Å². The lowest BCUT2D eigenvalue weighted by Crippen LogP contribution is -2.19. The Kier molecular flexibility index (Phi) is 5.92. The Bertz CT molecular complexity index is 883. The van der Waals surface area contributed by atoms with E-state index in [0.717, 1.165) is 5.56 Å². The van der Waals surface area contributed by atoms with Crippen LogP contribution in [-0.4, -0.2) is 26.3 Å². The molecule has 0 atom stereocenters. The molecule has 7 heteroatoms. The van der Waals surface area contributed by atoms with Crippen molar-refractivity contribution in [1.29, 1.82) is 0 Å². The van der Waals surface area contributed by atoms with Gasteiger partial charge in [0.1, 0.15) is 0 Å². The van der Waals surface area contributed by atoms with Crippen molar-refractivity contribution >= 4 is 16.2 Å². The van der Waals surface area contributed by atoms with Gasteiger partial charge in [-0.05, 0) is 42.2 Å². The molecule has 0 aliphatic carbocycles. The zero-order valence-electron chi connectivity index (χ0n) is 15.4. The molecular weight excluding hydrogens is 352 g/mol. The van der Waals surface area contributed by atoms with Gasteiger partial charge in [0.05, 0.1) is 17.7 Å². The number of phenols is 1. The van der Waals surface area contributed by atoms with Crippen LogP contribution in [0, 0.1) is 0 Å². The van der Waals surface area contributed by atoms with Gasteiger partial charge in [-0.15, -0.1) is 0 Å². The molecule has 0 amide bonds. The van der Waals surface area contributed by atoms with Crippen LogP contribution in [0.1, 0.15) is 38.8 Å². The van der Waals surface area contributed by atoms with Gasteiger partial charge in [-0.2, -0.15) is 13.5 Å². The summed E-state index contributed by atoms with van der Waals surface area (Å²) < 4.78 is 29.9. The van der Waals surface area contributed by atoms with Gasteiger partial charge in [0, 0.05) is 5.56 Å². The maximum Gasteiger partial charge on any atom is 0.276 e. The van der Waals surface area contributed by atoms with Crippen LogP contribution < -0.4 is 9.57 Å². The van der Waals surface area contributed by atoms with Gasteiger partial charge in [0.15, 0.2) is 11.5 Å². The number of hydrogen-bond acceptors (Lipinski definition) is 5. The summed E-state index contributed by atoms with van der Waals surface area (Å²) >= 11 is 0. The molecule has 0 aliphatic heterocycles. The van der Waals surface area contributed by atoms with Crippen LogP contribution in [0.15, 0.2) is 52.5 Å². The van der Waals surface area contributed by atoms with Gasteiger partial charge in [-0.25, -0.2) is 4.83 Å². The molecule has 0 spiro atoms. The number of para-hydroxylation sites is 1. The fourth-order valence-corrected chi connectivity index (χ4v) is 3.06. The van der Waals surface area contributed by atoms with E-state index in [9.17, 15) is 13.5 Å². The van der Waals surface area contributed by atoms with E-state index >= 15 is 0 Å². The maximum absolute atomic E-state index is 12.3. The third kappa shape index (κ3) is 4.76. The summed E-state index contributed by atoms with van der Waals surface area (Å²) in [6.07, 6.45) is 1.24. The molecular formula is C19H24N2O4S. The van der Waals surface area contributed by atoms with Crippen molar-refractivity contribution in [3.05, 3.63) is 53.6 Å². The number of ether oxygens (including phenoxy) is 1. The van der Waals surface area contributed by atoms with Gasteiger partial charge in [0.2, 0.25) is 0 Å². The highest BCUT2D eigenvalue weighted by molar-refractivity contribution is 7.89. The number of rotatable bonds is 6. The van der Waals surface area contributed by atoms with Gasteiger partial charge in [-0.3, -0.25) is 0 Å². The molecule has 140 valence electrons. The molecule has 2 aromatic rings. The predicted molar refractivity (Wildman–Crippen MR) is 102 cm³/mol. The van der Waals surface area contributed by atoms with Crippen molar-refractivity contribution in [2.45, 2.75) is 38.0 Å². The number of nitrogens with zero attached hydrogens (tertiary/aromatic N) is 1. The summed E-state index contributed by atoms with van der Waals surface area (Å²) in [4.78, 5) is 2.27. The first-order valence-corrected chi connectivity index (χ1v) is 9.73. The number of nitrogens with one attached hydrogen (secondary N) is 1. The number of hydrazone groups is 1. The van der Waals surface area contributed by atoms with Crippen LogP contribution in [0.5, 0.6) is 11.5 Å². The molecule has 0 fully saturated rings. The Balaban J connectivity index is 2.15. The van der Waals surface area contributed by atoms with Gasteiger partial charge >= 0.3 is 0 Å². The molecule has 0 bridgehead atoms. The summed E-state index contributed by atoms with van der Waals surface area (Å²) in [5.74, 6) is 0.226. The minimum absolute atomic E-state index is 0.0586. The Hall–Kier alpha value is -2.54. The number of benzene rings is 2. The summed E-state index contributed by atoms with van der Waals surface area (Å²) in [7, 11) is -3.79. The third-order valence-corrected chi connectivity index (χ3v) is 4.98. The zero-order valence-corrected chi connectivity index (χ0v) is 16.2. The third-order valence-electron chi connectivity index (χ3n) is 3.74. The zero-order chi connectivity index (χ0) is 19.4. The van der Waals surface area contributed by atoms with Crippen molar-refractivity contribution < 1.29 is 18.3 Å². The molecule has 2 aromatic carbocycles. The Labute approximate surface area is 154 Å². The maximum atomic E-state index is 12.3. The second-order valence-electron chi connectivity index (χ2n) is 6.75. The minimum atomic E-state index is -3.79. The summed E-state index contributed by atoms with van der Waals surface area (Å²) in [5, 5.41) is 13.8. The standard InChI is InChI=1S/C19H24N2O4S/c1-5-25-17-8-6-7-14(18(17)22)13-20-21-26(23,24)16-11-9-15(10-12-16)19(2,3)4/h6-13,21-22H,5H2,1-4H3. The summed E-state index contributed by atoms with van der Waals surface area (Å²) in [6, 6.07) is 11.6. The quantitative estimate of drug-likeness (QED) is 0.597. The minimum Gasteiger partial charge on any atom is -0.504 e. The molecule has 6 nitrogen and oxygen atoms in total. The Morgan fingerprint density at radius 1 is 1.15 bits per heavy atom.